The Morgan fingerprint density at radius 1 is 1.40 bits per heavy atom. The van der Waals surface area contributed by atoms with Crippen LogP contribution in [-0.2, 0) is 11.3 Å². The van der Waals surface area contributed by atoms with Gasteiger partial charge in [-0.05, 0) is 37.1 Å². The summed E-state index contributed by atoms with van der Waals surface area (Å²) in [6.45, 7) is 4.17. The standard InChI is InChI=1S/C16H20N2O2/c1-12-2-3-15-14(6-12)7-13(8-17-15)9-18-16(10-19)4-5-20-11-16/h2-3,6-8,18-19H,4-5,9-11H2,1H3. The fraction of sp³-hybridized carbons (Fsp3) is 0.438. The number of nitrogens with one attached hydrogen (secondary N) is 1. The Kier molecular flexibility index (Phi) is 3.70. The van der Waals surface area contributed by atoms with Gasteiger partial charge >= 0.3 is 0 Å². The summed E-state index contributed by atoms with van der Waals surface area (Å²) in [6, 6.07) is 8.42. The number of aromatic nitrogens is 1. The number of aliphatic hydroxyl groups is 1. The number of fused-ring (bicyclic) bond motifs is 1. The molecule has 0 spiro atoms. The SMILES string of the molecule is Cc1ccc2ncc(CNC3(CO)CCOC3)cc2c1. The summed E-state index contributed by atoms with van der Waals surface area (Å²) in [6.07, 6.45) is 2.75. The van der Waals surface area contributed by atoms with Crippen LogP contribution in [0.15, 0.2) is 30.5 Å². The zero-order chi connectivity index (χ0) is 14.0. The summed E-state index contributed by atoms with van der Waals surface area (Å²) in [4.78, 5) is 4.48. The van der Waals surface area contributed by atoms with Crippen LogP contribution in [0.1, 0.15) is 17.5 Å². The minimum absolute atomic E-state index is 0.104. The quantitative estimate of drug-likeness (QED) is 0.891. The molecule has 1 fully saturated rings. The third-order valence-electron chi connectivity index (χ3n) is 3.97. The van der Waals surface area contributed by atoms with Crippen LogP contribution in [0.3, 0.4) is 0 Å². The lowest BCUT2D eigenvalue weighted by atomic mass is 9.99. The van der Waals surface area contributed by atoms with Gasteiger partial charge in [-0.2, -0.15) is 0 Å². The molecular formula is C16H20N2O2. The number of aryl methyl sites for hydroxylation is 1. The third-order valence-corrected chi connectivity index (χ3v) is 3.97. The van der Waals surface area contributed by atoms with Crippen LogP contribution in [0.2, 0.25) is 0 Å². The topological polar surface area (TPSA) is 54.4 Å². The average molecular weight is 272 g/mol. The molecule has 3 rings (SSSR count). The smallest absolute Gasteiger partial charge is 0.0702 e. The molecule has 2 aromatic rings. The van der Waals surface area contributed by atoms with Crippen molar-refractivity contribution in [2.75, 3.05) is 19.8 Å². The molecule has 0 saturated carbocycles. The Labute approximate surface area is 118 Å². The predicted octanol–water partition coefficient (Wildman–Crippen LogP) is 1.78. The summed E-state index contributed by atoms with van der Waals surface area (Å²) >= 11 is 0. The summed E-state index contributed by atoms with van der Waals surface area (Å²) in [7, 11) is 0. The van der Waals surface area contributed by atoms with Crippen molar-refractivity contribution in [3.63, 3.8) is 0 Å². The number of hydrogen-bond acceptors (Lipinski definition) is 4. The highest BCUT2D eigenvalue weighted by Gasteiger charge is 2.33. The number of hydrogen-bond donors (Lipinski definition) is 2. The fourth-order valence-electron chi connectivity index (χ4n) is 2.61. The minimum atomic E-state index is -0.290. The first-order valence-corrected chi connectivity index (χ1v) is 7.00. The van der Waals surface area contributed by atoms with Crippen molar-refractivity contribution < 1.29 is 9.84 Å². The second-order valence-corrected chi connectivity index (χ2v) is 5.63. The van der Waals surface area contributed by atoms with E-state index in [9.17, 15) is 5.11 Å². The molecule has 1 aliphatic heterocycles. The number of rotatable bonds is 4. The van der Waals surface area contributed by atoms with Crippen molar-refractivity contribution in [1.82, 2.24) is 10.3 Å². The Balaban J connectivity index is 1.77. The van der Waals surface area contributed by atoms with Crippen LogP contribution in [0, 0.1) is 6.92 Å². The molecule has 4 heteroatoms. The fourth-order valence-corrected chi connectivity index (χ4v) is 2.61. The number of benzene rings is 1. The summed E-state index contributed by atoms with van der Waals surface area (Å²) < 4.78 is 5.39. The highest BCUT2D eigenvalue weighted by molar-refractivity contribution is 5.79. The normalized spacial score (nSPS) is 22.5. The molecule has 1 unspecified atom stereocenters. The van der Waals surface area contributed by atoms with Gasteiger partial charge in [-0.15, -0.1) is 0 Å². The van der Waals surface area contributed by atoms with Crippen molar-refractivity contribution in [2.45, 2.75) is 25.4 Å². The van der Waals surface area contributed by atoms with E-state index >= 15 is 0 Å². The largest absolute Gasteiger partial charge is 0.394 e. The van der Waals surface area contributed by atoms with Gasteiger partial charge in [-0.1, -0.05) is 11.6 Å². The van der Waals surface area contributed by atoms with Crippen molar-refractivity contribution in [1.29, 1.82) is 0 Å². The van der Waals surface area contributed by atoms with Crippen molar-refractivity contribution in [3.05, 3.63) is 41.6 Å². The molecule has 2 N–H and O–H groups in total. The molecule has 20 heavy (non-hydrogen) atoms. The first kappa shape index (κ1) is 13.5. The molecule has 2 heterocycles. The molecular weight excluding hydrogens is 252 g/mol. The Hall–Kier alpha value is -1.49. The van der Waals surface area contributed by atoms with Gasteiger partial charge in [0, 0.05) is 24.7 Å². The first-order chi connectivity index (χ1) is 9.71. The van der Waals surface area contributed by atoms with Gasteiger partial charge in [0.05, 0.1) is 24.3 Å². The molecule has 0 aliphatic carbocycles. The third kappa shape index (κ3) is 2.68. The van der Waals surface area contributed by atoms with Gasteiger partial charge in [0.15, 0.2) is 0 Å². The van der Waals surface area contributed by atoms with E-state index in [1.165, 1.54) is 5.56 Å². The van der Waals surface area contributed by atoms with E-state index in [1.807, 2.05) is 12.3 Å². The zero-order valence-corrected chi connectivity index (χ0v) is 11.7. The summed E-state index contributed by atoms with van der Waals surface area (Å²) in [5.74, 6) is 0. The van der Waals surface area contributed by atoms with Gasteiger partial charge in [-0.25, -0.2) is 0 Å². The first-order valence-electron chi connectivity index (χ1n) is 7.00. The second-order valence-electron chi connectivity index (χ2n) is 5.63. The van der Waals surface area contributed by atoms with E-state index in [0.717, 1.165) is 22.9 Å². The Morgan fingerprint density at radius 2 is 2.30 bits per heavy atom. The van der Waals surface area contributed by atoms with Gasteiger partial charge in [-0.3, -0.25) is 4.98 Å². The number of aliphatic hydroxyl groups excluding tert-OH is 1. The lowest BCUT2D eigenvalue weighted by Crippen LogP contribution is -2.48. The molecule has 1 aliphatic rings. The van der Waals surface area contributed by atoms with Gasteiger partial charge in [0.2, 0.25) is 0 Å². The number of ether oxygens (including phenoxy) is 1. The molecule has 1 saturated heterocycles. The van der Waals surface area contributed by atoms with Crippen LogP contribution in [-0.4, -0.2) is 35.5 Å². The van der Waals surface area contributed by atoms with E-state index in [0.29, 0.717) is 19.8 Å². The highest BCUT2D eigenvalue weighted by Crippen LogP contribution is 2.20. The van der Waals surface area contributed by atoms with Gasteiger partial charge in [0.1, 0.15) is 0 Å². The van der Waals surface area contributed by atoms with Gasteiger partial charge < -0.3 is 15.2 Å². The number of pyridine rings is 1. The lowest BCUT2D eigenvalue weighted by Gasteiger charge is -2.26. The van der Waals surface area contributed by atoms with E-state index in [4.69, 9.17) is 4.74 Å². The molecule has 4 nitrogen and oxygen atoms in total. The molecule has 1 aromatic carbocycles. The summed E-state index contributed by atoms with van der Waals surface area (Å²) in [5, 5.41) is 14.1. The van der Waals surface area contributed by atoms with E-state index in [2.05, 4.69) is 35.4 Å². The molecule has 0 radical (unpaired) electrons. The second kappa shape index (κ2) is 5.48. The van der Waals surface area contributed by atoms with E-state index in [-0.39, 0.29) is 12.1 Å². The molecule has 1 atom stereocenters. The van der Waals surface area contributed by atoms with Crippen LogP contribution >= 0.6 is 0 Å². The van der Waals surface area contributed by atoms with Crippen LogP contribution in [0.4, 0.5) is 0 Å². The van der Waals surface area contributed by atoms with E-state index in [1.54, 1.807) is 0 Å². The van der Waals surface area contributed by atoms with Crippen molar-refractivity contribution >= 4 is 10.9 Å². The maximum absolute atomic E-state index is 9.54. The summed E-state index contributed by atoms with van der Waals surface area (Å²) in [5.41, 5.74) is 3.09. The molecule has 1 aromatic heterocycles. The monoisotopic (exact) mass is 272 g/mol. The maximum atomic E-state index is 9.54. The van der Waals surface area contributed by atoms with Crippen LogP contribution < -0.4 is 5.32 Å². The van der Waals surface area contributed by atoms with Crippen LogP contribution in [0.5, 0.6) is 0 Å². The lowest BCUT2D eigenvalue weighted by molar-refractivity contribution is 0.120. The molecule has 0 amide bonds. The Bertz CT molecular complexity index is 606. The minimum Gasteiger partial charge on any atom is -0.394 e. The van der Waals surface area contributed by atoms with E-state index < -0.39 is 0 Å². The molecule has 0 bridgehead atoms. The van der Waals surface area contributed by atoms with Crippen LogP contribution in [0.25, 0.3) is 10.9 Å². The van der Waals surface area contributed by atoms with Crippen molar-refractivity contribution in [2.24, 2.45) is 0 Å². The highest BCUT2D eigenvalue weighted by atomic mass is 16.5. The predicted molar refractivity (Wildman–Crippen MR) is 78.6 cm³/mol. The molecule has 106 valence electrons. The average Bonchev–Trinajstić information content (AvgIpc) is 2.94. The van der Waals surface area contributed by atoms with Crippen molar-refractivity contribution in [3.8, 4) is 0 Å². The van der Waals surface area contributed by atoms with Gasteiger partial charge in [0.25, 0.3) is 0 Å². The Morgan fingerprint density at radius 3 is 3.05 bits per heavy atom. The maximum Gasteiger partial charge on any atom is 0.0702 e. The zero-order valence-electron chi connectivity index (χ0n) is 11.7. The number of nitrogens with zero attached hydrogens (tertiary/aromatic N) is 1.